The summed E-state index contributed by atoms with van der Waals surface area (Å²) in [5.74, 6) is -0.812. The van der Waals surface area contributed by atoms with Gasteiger partial charge in [-0.1, -0.05) is 0 Å². The van der Waals surface area contributed by atoms with Crippen molar-refractivity contribution in [3.8, 4) is 5.69 Å². The molecule has 0 spiro atoms. The fourth-order valence-corrected chi connectivity index (χ4v) is 3.03. The minimum absolute atomic E-state index is 0.0920. The molecule has 0 aliphatic heterocycles. The molecule has 0 atom stereocenters. The van der Waals surface area contributed by atoms with Gasteiger partial charge in [-0.15, -0.1) is 0 Å². The minimum Gasteiger partial charge on any atom is -0.321 e. The normalized spacial score (nSPS) is 11.3. The van der Waals surface area contributed by atoms with Crippen molar-refractivity contribution in [2.75, 3.05) is 12.4 Å². The van der Waals surface area contributed by atoms with Gasteiger partial charge in [0.05, 0.1) is 17.4 Å². The number of carbonyl (C=O) groups excluding carboxylic acids is 1. The second kappa shape index (κ2) is 7.06. The molecule has 1 heterocycles. The molecule has 1 amide bonds. The van der Waals surface area contributed by atoms with Crippen molar-refractivity contribution in [2.24, 2.45) is 0 Å². The summed E-state index contributed by atoms with van der Waals surface area (Å²) in [4.78, 5) is 16.6. The molecule has 3 aromatic rings. The van der Waals surface area contributed by atoms with Crippen LogP contribution < -0.4 is 10.0 Å². The van der Waals surface area contributed by atoms with E-state index in [0.717, 1.165) is 0 Å². The van der Waals surface area contributed by atoms with Crippen molar-refractivity contribution in [3.63, 3.8) is 0 Å². The van der Waals surface area contributed by atoms with Gasteiger partial charge in [0.25, 0.3) is 5.91 Å². The maximum atomic E-state index is 13.1. The Bertz CT molecular complexity index is 1030. The van der Waals surface area contributed by atoms with Gasteiger partial charge in [0.2, 0.25) is 10.0 Å². The molecule has 7 nitrogen and oxygen atoms in total. The number of imidazole rings is 1. The summed E-state index contributed by atoms with van der Waals surface area (Å²) >= 11 is 0. The molecule has 3 rings (SSSR count). The van der Waals surface area contributed by atoms with Crippen molar-refractivity contribution in [2.45, 2.75) is 4.90 Å². The van der Waals surface area contributed by atoms with Crippen LogP contribution in [-0.4, -0.2) is 30.9 Å². The summed E-state index contributed by atoms with van der Waals surface area (Å²) in [5, 5.41) is 2.67. The van der Waals surface area contributed by atoms with E-state index in [-0.39, 0.29) is 16.4 Å². The number of halogens is 1. The zero-order valence-corrected chi connectivity index (χ0v) is 14.5. The quantitative estimate of drug-likeness (QED) is 0.716. The minimum atomic E-state index is -3.54. The number of benzene rings is 2. The van der Waals surface area contributed by atoms with E-state index in [1.807, 2.05) is 0 Å². The number of anilines is 1. The molecule has 26 heavy (non-hydrogen) atoms. The molecule has 134 valence electrons. The fraction of sp³-hybridized carbons (Fsp3) is 0.0588. The molecule has 2 aromatic carbocycles. The second-order valence-electron chi connectivity index (χ2n) is 5.31. The van der Waals surface area contributed by atoms with Crippen LogP contribution in [0.4, 0.5) is 10.1 Å². The highest BCUT2D eigenvalue weighted by Gasteiger charge is 2.15. The Hall–Kier alpha value is -3.04. The summed E-state index contributed by atoms with van der Waals surface area (Å²) in [7, 11) is -2.22. The highest BCUT2D eigenvalue weighted by Crippen LogP contribution is 2.16. The molecule has 2 N–H and O–H groups in total. The van der Waals surface area contributed by atoms with E-state index < -0.39 is 15.9 Å². The SMILES string of the molecule is CNS(=O)(=O)c1ccc(NC(=O)c2cncn2-c2ccc(F)cc2)cc1. The van der Waals surface area contributed by atoms with Gasteiger partial charge >= 0.3 is 0 Å². The number of nitrogens with one attached hydrogen (secondary N) is 2. The Labute approximate surface area is 149 Å². The summed E-state index contributed by atoms with van der Waals surface area (Å²) in [6.45, 7) is 0. The number of amides is 1. The van der Waals surface area contributed by atoms with Crippen LogP contribution in [0.25, 0.3) is 5.69 Å². The fourth-order valence-electron chi connectivity index (χ4n) is 2.30. The van der Waals surface area contributed by atoms with Gasteiger partial charge in [-0.05, 0) is 55.6 Å². The van der Waals surface area contributed by atoms with Crippen molar-refractivity contribution >= 4 is 21.6 Å². The molecule has 0 bridgehead atoms. The predicted octanol–water partition coefficient (Wildman–Crippen LogP) is 2.17. The van der Waals surface area contributed by atoms with Crippen molar-refractivity contribution < 1.29 is 17.6 Å². The van der Waals surface area contributed by atoms with Gasteiger partial charge < -0.3 is 5.32 Å². The van der Waals surface area contributed by atoms with E-state index >= 15 is 0 Å². The van der Waals surface area contributed by atoms with E-state index in [9.17, 15) is 17.6 Å². The molecular formula is C17H15FN4O3S. The van der Waals surface area contributed by atoms with E-state index in [1.54, 1.807) is 0 Å². The lowest BCUT2D eigenvalue weighted by atomic mass is 10.3. The van der Waals surface area contributed by atoms with E-state index in [4.69, 9.17) is 0 Å². The smallest absolute Gasteiger partial charge is 0.274 e. The maximum absolute atomic E-state index is 13.1. The number of sulfonamides is 1. The molecule has 0 saturated heterocycles. The van der Waals surface area contributed by atoms with E-state index in [1.165, 1.54) is 72.7 Å². The first-order chi connectivity index (χ1) is 12.4. The predicted molar refractivity (Wildman–Crippen MR) is 94.2 cm³/mol. The van der Waals surface area contributed by atoms with Crippen LogP contribution in [0.1, 0.15) is 10.5 Å². The largest absolute Gasteiger partial charge is 0.321 e. The Morgan fingerprint density at radius 3 is 2.35 bits per heavy atom. The van der Waals surface area contributed by atoms with Crippen LogP contribution in [0, 0.1) is 5.82 Å². The number of aromatic nitrogens is 2. The van der Waals surface area contributed by atoms with Crippen molar-refractivity contribution in [3.05, 3.63) is 72.6 Å². The topological polar surface area (TPSA) is 93.1 Å². The van der Waals surface area contributed by atoms with Crippen LogP contribution in [0.15, 0.2) is 66.0 Å². The number of hydrogen-bond donors (Lipinski definition) is 2. The lowest BCUT2D eigenvalue weighted by molar-refractivity contribution is 0.102. The van der Waals surface area contributed by atoms with Crippen molar-refractivity contribution in [1.82, 2.24) is 14.3 Å². The van der Waals surface area contributed by atoms with Crippen LogP contribution >= 0.6 is 0 Å². The zero-order chi connectivity index (χ0) is 18.7. The second-order valence-corrected chi connectivity index (χ2v) is 7.20. The number of rotatable bonds is 5. The lowest BCUT2D eigenvalue weighted by Crippen LogP contribution is -2.19. The third-order valence-electron chi connectivity index (χ3n) is 3.67. The van der Waals surface area contributed by atoms with Crippen LogP contribution in [0.3, 0.4) is 0 Å². The molecule has 0 radical (unpaired) electrons. The Morgan fingerprint density at radius 2 is 1.73 bits per heavy atom. The first-order valence-corrected chi connectivity index (χ1v) is 9.02. The first-order valence-electron chi connectivity index (χ1n) is 7.54. The van der Waals surface area contributed by atoms with Crippen LogP contribution in [0.2, 0.25) is 0 Å². The van der Waals surface area contributed by atoms with Gasteiger partial charge in [-0.3, -0.25) is 9.36 Å². The zero-order valence-electron chi connectivity index (χ0n) is 13.7. The third kappa shape index (κ3) is 3.63. The molecule has 1 aromatic heterocycles. The molecule has 0 unspecified atom stereocenters. The number of hydrogen-bond acceptors (Lipinski definition) is 4. The van der Waals surface area contributed by atoms with Gasteiger partial charge in [0.15, 0.2) is 0 Å². The van der Waals surface area contributed by atoms with Crippen LogP contribution in [0.5, 0.6) is 0 Å². The summed E-state index contributed by atoms with van der Waals surface area (Å²) in [6, 6.07) is 11.4. The lowest BCUT2D eigenvalue weighted by Gasteiger charge is -2.09. The number of nitrogens with zero attached hydrogens (tertiary/aromatic N) is 2. The van der Waals surface area contributed by atoms with Gasteiger partial charge in [0.1, 0.15) is 11.5 Å². The van der Waals surface area contributed by atoms with Crippen LogP contribution in [-0.2, 0) is 10.0 Å². The Kier molecular flexibility index (Phi) is 4.83. The first kappa shape index (κ1) is 17.8. The maximum Gasteiger partial charge on any atom is 0.274 e. The highest BCUT2D eigenvalue weighted by molar-refractivity contribution is 7.89. The summed E-state index contributed by atoms with van der Waals surface area (Å²) < 4.78 is 40.2. The van der Waals surface area contributed by atoms with Gasteiger partial charge in [-0.25, -0.2) is 22.5 Å². The monoisotopic (exact) mass is 374 g/mol. The standard InChI is InChI=1S/C17H15FN4O3S/c1-19-26(24,25)15-8-4-13(5-9-15)21-17(23)16-10-20-11-22(16)14-6-2-12(18)3-7-14/h2-11,19H,1H3,(H,21,23). The Balaban J connectivity index is 1.81. The molecule has 9 heteroatoms. The average Bonchev–Trinajstić information content (AvgIpc) is 3.13. The number of carbonyl (C=O) groups is 1. The van der Waals surface area contributed by atoms with Gasteiger partial charge in [-0.2, -0.15) is 0 Å². The molecular weight excluding hydrogens is 359 g/mol. The van der Waals surface area contributed by atoms with Crippen molar-refractivity contribution in [1.29, 1.82) is 0 Å². The van der Waals surface area contributed by atoms with Gasteiger partial charge in [0, 0.05) is 11.4 Å². The average molecular weight is 374 g/mol. The molecule has 0 aliphatic carbocycles. The third-order valence-corrected chi connectivity index (χ3v) is 5.10. The molecule has 0 aliphatic rings. The summed E-state index contributed by atoms with van der Waals surface area (Å²) in [6.07, 6.45) is 2.84. The summed E-state index contributed by atoms with van der Waals surface area (Å²) in [5.41, 5.74) is 1.27. The van der Waals surface area contributed by atoms with E-state index in [2.05, 4.69) is 15.0 Å². The highest BCUT2D eigenvalue weighted by atomic mass is 32.2. The molecule has 0 fully saturated rings. The Morgan fingerprint density at radius 1 is 1.08 bits per heavy atom. The molecule has 0 saturated carbocycles. The van der Waals surface area contributed by atoms with E-state index in [0.29, 0.717) is 11.4 Å².